The molecule has 0 atom stereocenters. The summed E-state index contributed by atoms with van der Waals surface area (Å²) in [7, 11) is 0. The number of rotatable bonds is 4. The topological polar surface area (TPSA) is 42.0 Å². The highest BCUT2D eigenvalue weighted by Gasteiger charge is 2.30. The number of hydrogen-bond donors (Lipinski definition) is 1. The molecule has 1 amide bonds. The van der Waals surface area contributed by atoms with Crippen LogP contribution in [0.4, 0.5) is 18.3 Å². The number of alkyl halides is 3. The number of carbonyl (C=O) groups excluding carboxylic acids is 1. The molecule has 3 nitrogen and oxygen atoms in total. The second-order valence-electron chi connectivity index (χ2n) is 6.33. The zero-order chi connectivity index (χ0) is 17.9. The van der Waals surface area contributed by atoms with Crippen molar-refractivity contribution in [3.8, 4) is 0 Å². The number of anilines is 1. The summed E-state index contributed by atoms with van der Waals surface area (Å²) in [6, 6.07) is 5.28. The minimum atomic E-state index is -4.34. The van der Waals surface area contributed by atoms with Crippen molar-refractivity contribution in [1.82, 2.24) is 4.98 Å². The van der Waals surface area contributed by atoms with Crippen molar-refractivity contribution >= 4 is 22.4 Å². The predicted molar refractivity (Wildman–Crippen MR) is 91.6 cm³/mol. The molecule has 0 aliphatic heterocycles. The van der Waals surface area contributed by atoms with Crippen LogP contribution in [0.3, 0.4) is 0 Å². The second kappa shape index (κ2) is 7.56. The van der Waals surface area contributed by atoms with E-state index in [1.54, 1.807) is 12.3 Å². The minimum absolute atomic E-state index is 0.000307. The van der Waals surface area contributed by atoms with Gasteiger partial charge in [0.2, 0.25) is 5.91 Å². The van der Waals surface area contributed by atoms with Crippen LogP contribution in [0.25, 0.3) is 0 Å². The zero-order valence-electron chi connectivity index (χ0n) is 13.6. The van der Waals surface area contributed by atoms with Gasteiger partial charge in [-0.1, -0.05) is 37.5 Å². The average molecular weight is 368 g/mol. The van der Waals surface area contributed by atoms with Crippen LogP contribution in [0.15, 0.2) is 30.5 Å². The first-order valence-corrected chi connectivity index (χ1v) is 9.15. The molecule has 1 aromatic carbocycles. The van der Waals surface area contributed by atoms with Gasteiger partial charge in [0.1, 0.15) is 0 Å². The fraction of sp³-hybridized carbons (Fsp3) is 0.444. The van der Waals surface area contributed by atoms with Crippen LogP contribution in [0.5, 0.6) is 0 Å². The third kappa shape index (κ3) is 4.81. The Kier molecular flexibility index (Phi) is 5.42. The van der Waals surface area contributed by atoms with Crippen LogP contribution in [0, 0.1) is 5.92 Å². The number of nitrogens with one attached hydrogen (secondary N) is 1. The molecular formula is C18H19F3N2OS. The molecule has 1 saturated carbocycles. The van der Waals surface area contributed by atoms with Crippen molar-refractivity contribution in [3.05, 3.63) is 46.5 Å². The van der Waals surface area contributed by atoms with E-state index in [0.29, 0.717) is 17.1 Å². The molecule has 1 heterocycles. The smallest absolute Gasteiger partial charge is 0.302 e. The van der Waals surface area contributed by atoms with Gasteiger partial charge < -0.3 is 5.32 Å². The number of benzene rings is 1. The number of carbonyl (C=O) groups is 1. The second-order valence-corrected chi connectivity index (χ2v) is 7.45. The number of halogens is 3. The van der Waals surface area contributed by atoms with Crippen molar-refractivity contribution in [3.63, 3.8) is 0 Å². The number of amides is 1. The fourth-order valence-corrected chi connectivity index (χ4v) is 3.93. The molecule has 1 N–H and O–H groups in total. The summed E-state index contributed by atoms with van der Waals surface area (Å²) in [6.07, 6.45) is 2.80. The highest BCUT2D eigenvalue weighted by molar-refractivity contribution is 7.15. The monoisotopic (exact) mass is 368 g/mol. The average Bonchev–Trinajstić information content (AvgIpc) is 3.02. The van der Waals surface area contributed by atoms with E-state index in [4.69, 9.17) is 0 Å². The van der Waals surface area contributed by atoms with Gasteiger partial charge in [-0.3, -0.25) is 4.79 Å². The van der Waals surface area contributed by atoms with Gasteiger partial charge in [-0.25, -0.2) is 4.98 Å². The maximum absolute atomic E-state index is 12.8. The molecule has 1 fully saturated rings. The zero-order valence-corrected chi connectivity index (χ0v) is 14.4. The summed E-state index contributed by atoms with van der Waals surface area (Å²) in [5.41, 5.74) is -0.0797. The molecule has 3 rings (SSSR count). The van der Waals surface area contributed by atoms with Gasteiger partial charge in [-0.05, 0) is 24.5 Å². The third-order valence-corrected chi connectivity index (χ3v) is 5.31. The van der Waals surface area contributed by atoms with Crippen LogP contribution in [0.1, 0.15) is 48.1 Å². The molecule has 0 spiro atoms. The molecule has 25 heavy (non-hydrogen) atoms. The molecule has 0 unspecified atom stereocenters. The number of nitrogens with zero attached hydrogens (tertiary/aromatic N) is 1. The van der Waals surface area contributed by atoms with Gasteiger partial charge in [0.25, 0.3) is 0 Å². The fourth-order valence-electron chi connectivity index (χ4n) is 3.08. The first-order valence-electron chi connectivity index (χ1n) is 8.33. The van der Waals surface area contributed by atoms with Crippen LogP contribution in [0.2, 0.25) is 0 Å². The molecule has 1 aliphatic carbocycles. The Bertz CT molecular complexity index is 736. The lowest BCUT2D eigenvalue weighted by Gasteiger charge is -2.19. The van der Waals surface area contributed by atoms with Gasteiger partial charge in [0, 0.05) is 23.4 Å². The molecule has 1 aromatic heterocycles. The lowest BCUT2D eigenvalue weighted by molar-refractivity contribution is -0.137. The number of thiazole rings is 1. The highest BCUT2D eigenvalue weighted by Crippen LogP contribution is 2.31. The molecular weight excluding hydrogens is 349 g/mol. The van der Waals surface area contributed by atoms with E-state index in [0.717, 1.165) is 42.7 Å². The molecule has 0 radical (unpaired) electrons. The maximum atomic E-state index is 12.8. The van der Waals surface area contributed by atoms with Crippen molar-refractivity contribution in [2.45, 2.75) is 44.7 Å². The normalized spacial score (nSPS) is 16.0. The third-order valence-electron chi connectivity index (χ3n) is 4.39. The van der Waals surface area contributed by atoms with E-state index in [1.165, 1.54) is 23.8 Å². The van der Waals surface area contributed by atoms with Crippen LogP contribution >= 0.6 is 11.3 Å². The van der Waals surface area contributed by atoms with Crippen LogP contribution in [-0.2, 0) is 17.4 Å². The molecule has 1 aliphatic rings. The molecule has 134 valence electrons. The number of aromatic nitrogens is 1. The quantitative estimate of drug-likeness (QED) is 0.799. The Morgan fingerprint density at radius 1 is 1.24 bits per heavy atom. The molecule has 7 heteroatoms. The predicted octanol–water partition coefficient (Wildman–Crippen LogP) is 5.27. The SMILES string of the molecule is O=C(Nc1ncc(Cc2cccc(C(F)(F)F)c2)s1)C1CCCCC1. The minimum Gasteiger partial charge on any atom is -0.302 e. The molecule has 0 saturated heterocycles. The lowest BCUT2D eigenvalue weighted by Crippen LogP contribution is -2.24. The van der Waals surface area contributed by atoms with Gasteiger partial charge in [-0.15, -0.1) is 11.3 Å². The van der Waals surface area contributed by atoms with Crippen molar-refractivity contribution < 1.29 is 18.0 Å². The Hall–Kier alpha value is -1.89. The van der Waals surface area contributed by atoms with Gasteiger partial charge in [-0.2, -0.15) is 13.2 Å². The van der Waals surface area contributed by atoms with E-state index >= 15 is 0 Å². The van der Waals surface area contributed by atoms with Crippen LogP contribution < -0.4 is 5.32 Å². The van der Waals surface area contributed by atoms with Crippen molar-refractivity contribution in [1.29, 1.82) is 0 Å². The van der Waals surface area contributed by atoms with E-state index in [9.17, 15) is 18.0 Å². The Labute approximate surface area is 148 Å². The lowest BCUT2D eigenvalue weighted by atomic mass is 9.89. The van der Waals surface area contributed by atoms with E-state index < -0.39 is 11.7 Å². The van der Waals surface area contributed by atoms with E-state index in [1.807, 2.05) is 0 Å². The van der Waals surface area contributed by atoms with Crippen LogP contribution in [-0.4, -0.2) is 10.9 Å². The first kappa shape index (κ1) is 17.9. The summed E-state index contributed by atoms with van der Waals surface area (Å²) in [5.74, 6) is 0.0456. The van der Waals surface area contributed by atoms with Crippen molar-refractivity contribution in [2.24, 2.45) is 5.92 Å². The van der Waals surface area contributed by atoms with Crippen molar-refractivity contribution in [2.75, 3.05) is 5.32 Å². The number of hydrogen-bond acceptors (Lipinski definition) is 3. The van der Waals surface area contributed by atoms with Gasteiger partial charge >= 0.3 is 6.18 Å². The van der Waals surface area contributed by atoms with E-state index in [-0.39, 0.29) is 11.8 Å². The summed E-state index contributed by atoms with van der Waals surface area (Å²) < 4.78 is 38.3. The Balaban J connectivity index is 1.63. The first-order chi connectivity index (χ1) is 11.9. The molecule has 0 bridgehead atoms. The largest absolute Gasteiger partial charge is 0.416 e. The van der Waals surface area contributed by atoms with Gasteiger partial charge in [0.15, 0.2) is 5.13 Å². The Morgan fingerprint density at radius 2 is 2.00 bits per heavy atom. The Morgan fingerprint density at radius 3 is 2.72 bits per heavy atom. The summed E-state index contributed by atoms with van der Waals surface area (Å²) in [5, 5.41) is 3.35. The summed E-state index contributed by atoms with van der Waals surface area (Å²) >= 11 is 1.31. The standard InChI is InChI=1S/C18H19F3N2OS/c19-18(20,21)14-8-4-5-12(9-14)10-15-11-22-17(25-15)23-16(24)13-6-2-1-3-7-13/h4-5,8-9,11,13H,1-3,6-7,10H2,(H,22,23,24). The highest BCUT2D eigenvalue weighted by atomic mass is 32.1. The van der Waals surface area contributed by atoms with E-state index in [2.05, 4.69) is 10.3 Å². The summed E-state index contributed by atoms with van der Waals surface area (Å²) in [4.78, 5) is 17.2. The molecule has 2 aromatic rings. The van der Waals surface area contributed by atoms with Gasteiger partial charge in [0.05, 0.1) is 5.56 Å². The summed E-state index contributed by atoms with van der Waals surface area (Å²) in [6.45, 7) is 0. The maximum Gasteiger partial charge on any atom is 0.416 e.